The summed E-state index contributed by atoms with van der Waals surface area (Å²) in [6, 6.07) is 13.0. The number of nitrogens with zero attached hydrogens (tertiary/aromatic N) is 2. The van der Waals surface area contributed by atoms with Crippen molar-refractivity contribution in [3.8, 4) is 11.1 Å². The Labute approximate surface area is 199 Å². The van der Waals surface area contributed by atoms with Crippen molar-refractivity contribution >= 4 is 40.8 Å². The third kappa shape index (κ3) is 4.24. The molecule has 0 aromatic heterocycles. The number of carbonyl (C=O) groups excluding carboxylic acids is 3. The van der Waals surface area contributed by atoms with Crippen LogP contribution < -0.4 is 15.1 Å². The molecule has 1 saturated carbocycles. The Morgan fingerprint density at radius 1 is 0.909 bits per heavy atom. The van der Waals surface area contributed by atoms with Crippen molar-refractivity contribution in [1.29, 1.82) is 0 Å². The monoisotopic (exact) mass is 467 g/mol. The quantitative estimate of drug-likeness (QED) is 0.609. The third-order valence-corrected chi connectivity index (χ3v) is 7.22. The SMILES string of the molecule is CC.O=C1CCN(c2cccc(-c3ccc(N4C(=O)CCC45CCCC5)cc3)c2Cl)C(=O)N1. The first-order valence-electron chi connectivity index (χ1n) is 11.8. The molecule has 0 radical (unpaired) electrons. The van der Waals surface area contributed by atoms with Crippen molar-refractivity contribution in [1.82, 2.24) is 5.32 Å². The Balaban J connectivity index is 0.00000126. The van der Waals surface area contributed by atoms with Gasteiger partial charge in [-0.25, -0.2) is 4.79 Å². The number of nitrogens with one attached hydrogen (secondary N) is 1. The molecule has 0 bridgehead atoms. The molecule has 2 saturated heterocycles. The van der Waals surface area contributed by atoms with Crippen LogP contribution in [0, 0.1) is 0 Å². The van der Waals surface area contributed by atoms with E-state index in [0.717, 1.165) is 36.1 Å². The van der Waals surface area contributed by atoms with E-state index in [4.69, 9.17) is 11.6 Å². The van der Waals surface area contributed by atoms with Crippen LogP contribution in [0.3, 0.4) is 0 Å². The molecule has 2 aliphatic heterocycles. The molecule has 174 valence electrons. The van der Waals surface area contributed by atoms with Crippen molar-refractivity contribution in [2.24, 2.45) is 0 Å². The van der Waals surface area contributed by atoms with E-state index in [2.05, 4.69) is 5.32 Å². The highest BCUT2D eigenvalue weighted by atomic mass is 35.5. The van der Waals surface area contributed by atoms with Gasteiger partial charge in [0, 0.05) is 36.2 Å². The van der Waals surface area contributed by atoms with Crippen LogP contribution in [0.15, 0.2) is 42.5 Å². The number of amides is 4. The van der Waals surface area contributed by atoms with Gasteiger partial charge in [-0.3, -0.25) is 19.8 Å². The summed E-state index contributed by atoms with van der Waals surface area (Å²) < 4.78 is 0. The Kier molecular flexibility index (Phi) is 6.75. The van der Waals surface area contributed by atoms with Crippen molar-refractivity contribution in [3.05, 3.63) is 47.5 Å². The standard InChI is InChI=1S/C24H24ClN3O3.C2H6/c25-22-18(4-3-5-19(22)27-15-11-20(29)26-23(27)31)16-6-8-17(9-7-16)28-21(30)10-14-24(28)12-1-2-13-24;1-2/h3-9H,1-2,10-15H2,(H,26,29,31);1-2H3. The van der Waals surface area contributed by atoms with E-state index in [0.29, 0.717) is 23.7 Å². The van der Waals surface area contributed by atoms with Gasteiger partial charge in [0.25, 0.3) is 0 Å². The number of hydrogen-bond donors (Lipinski definition) is 1. The van der Waals surface area contributed by atoms with Gasteiger partial charge in [-0.1, -0.05) is 62.6 Å². The van der Waals surface area contributed by atoms with Crippen LogP contribution in [0.2, 0.25) is 5.02 Å². The van der Waals surface area contributed by atoms with Crippen molar-refractivity contribution in [3.63, 3.8) is 0 Å². The van der Waals surface area contributed by atoms with E-state index in [1.165, 1.54) is 17.7 Å². The highest BCUT2D eigenvalue weighted by Gasteiger charge is 2.47. The third-order valence-electron chi connectivity index (χ3n) is 6.82. The van der Waals surface area contributed by atoms with E-state index in [1.54, 1.807) is 6.07 Å². The molecule has 1 spiro atoms. The Morgan fingerprint density at radius 3 is 2.27 bits per heavy atom. The van der Waals surface area contributed by atoms with Crippen LogP contribution in [-0.2, 0) is 9.59 Å². The lowest BCUT2D eigenvalue weighted by Gasteiger charge is -2.35. The first kappa shape index (κ1) is 23.3. The fraction of sp³-hybridized carbons (Fsp3) is 0.423. The Hall–Kier alpha value is -2.86. The fourth-order valence-electron chi connectivity index (χ4n) is 5.29. The first-order chi connectivity index (χ1) is 16.0. The molecule has 1 N–H and O–H groups in total. The molecule has 3 aliphatic rings. The smallest absolute Gasteiger partial charge is 0.306 e. The second-order valence-electron chi connectivity index (χ2n) is 8.60. The summed E-state index contributed by atoms with van der Waals surface area (Å²) in [4.78, 5) is 39.9. The largest absolute Gasteiger partial charge is 0.328 e. The highest BCUT2D eigenvalue weighted by molar-refractivity contribution is 6.36. The minimum absolute atomic E-state index is 0.00474. The zero-order valence-corrected chi connectivity index (χ0v) is 20.0. The fourth-order valence-corrected chi connectivity index (χ4v) is 5.62. The van der Waals surface area contributed by atoms with Crippen molar-refractivity contribution in [2.45, 2.75) is 64.3 Å². The summed E-state index contributed by atoms with van der Waals surface area (Å²) in [7, 11) is 0. The normalized spacial score (nSPS) is 19.5. The van der Waals surface area contributed by atoms with Gasteiger partial charge < -0.3 is 4.90 Å². The number of imide groups is 1. The molecule has 2 aromatic carbocycles. The molecule has 1 aliphatic carbocycles. The van der Waals surface area contributed by atoms with E-state index in [9.17, 15) is 14.4 Å². The number of halogens is 1. The van der Waals surface area contributed by atoms with Crippen LogP contribution in [0.1, 0.15) is 58.8 Å². The zero-order valence-electron chi connectivity index (χ0n) is 19.2. The van der Waals surface area contributed by atoms with Crippen molar-refractivity contribution < 1.29 is 14.4 Å². The zero-order chi connectivity index (χ0) is 23.6. The summed E-state index contributed by atoms with van der Waals surface area (Å²) >= 11 is 6.70. The average molecular weight is 468 g/mol. The molecular weight excluding hydrogens is 438 g/mol. The summed E-state index contributed by atoms with van der Waals surface area (Å²) in [5, 5.41) is 2.80. The van der Waals surface area contributed by atoms with Gasteiger partial charge >= 0.3 is 6.03 Å². The topological polar surface area (TPSA) is 69.7 Å². The molecule has 7 heteroatoms. The van der Waals surface area contributed by atoms with Gasteiger partial charge in [-0.15, -0.1) is 0 Å². The number of hydrogen-bond acceptors (Lipinski definition) is 3. The summed E-state index contributed by atoms with van der Waals surface area (Å²) in [5.41, 5.74) is 3.23. The maximum atomic E-state index is 12.7. The molecule has 2 heterocycles. The molecule has 4 amide bonds. The van der Waals surface area contributed by atoms with E-state index < -0.39 is 6.03 Å². The molecule has 6 nitrogen and oxygen atoms in total. The molecule has 33 heavy (non-hydrogen) atoms. The molecule has 2 aromatic rings. The number of rotatable bonds is 3. The minimum Gasteiger partial charge on any atom is -0.306 e. The average Bonchev–Trinajstić information content (AvgIpc) is 3.43. The predicted molar refractivity (Wildman–Crippen MR) is 132 cm³/mol. The molecule has 0 atom stereocenters. The summed E-state index contributed by atoms with van der Waals surface area (Å²) in [6.45, 7) is 4.30. The summed E-state index contributed by atoms with van der Waals surface area (Å²) in [6.07, 6.45) is 6.33. The van der Waals surface area contributed by atoms with Gasteiger partial charge in [0.05, 0.1) is 10.7 Å². The lowest BCUT2D eigenvalue weighted by atomic mass is 9.93. The Morgan fingerprint density at radius 2 is 1.61 bits per heavy atom. The second kappa shape index (κ2) is 9.56. The number of urea groups is 1. The van der Waals surface area contributed by atoms with Crippen LogP contribution in [0.5, 0.6) is 0 Å². The van der Waals surface area contributed by atoms with Crippen LogP contribution in [-0.4, -0.2) is 29.9 Å². The molecule has 3 fully saturated rings. The maximum absolute atomic E-state index is 12.7. The highest BCUT2D eigenvalue weighted by Crippen LogP contribution is 2.46. The molecular formula is C26H30ClN3O3. The van der Waals surface area contributed by atoms with Crippen LogP contribution in [0.25, 0.3) is 11.1 Å². The van der Waals surface area contributed by atoms with Gasteiger partial charge in [0.2, 0.25) is 11.8 Å². The lowest BCUT2D eigenvalue weighted by molar-refractivity contribution is -0.120. The van der Waals surface area contributed by atoms with E-state index in [1.807, 2.05) is 55.1 Å². The van der Waals surface area contributed by atoms with Gasteiger partial charge in [-0.05, 0) is 43.0 Å². The lowest BCUT2D eigenvalue weighted by Crippen LogP contribution is -2.49. The number of anilines is 2. The van der Waals surface area contributed by atoms with Gasteiger partial charge in [0.1, 0.15) is 0 Å². The van der Waals surface area contributed by atoms with Gasteiger partial charge in [-0.2, -0.15) is 0 Å². The number of benzene rings is 2. The first-order valence-corrected chi connectivity index (χ1v) is 12.2. The second-order valence-corrected chi connectivity index (χ2v) is 8.98. The molecule has 5 rings (SSSR count). The predicted octanol–water partition coefficient (Wildman–Crippen LogP) is 5.92. The Bertz CT molecular complexity index is 1060. The van der Waals surface area contributed by atoms with E-state index in [-0.39, 0.29) is 23.8 Å². The summed E-state index contributed by atoms with van der Waals surface area (Å²) in [5.74, 6) is -0.0686. The number of carbonyl (C=O) groups is 3. The minimum atomic E-state index is -0.458. The van der Waals surface area contributed by atoms with E-state index >= 15 is 0 Å². The van der Waals surface area contributed by atoms with Crippen LogP contribution in [0.4, 0.5) is 16.2 Å². The van der Waals surface area contributed by atoms with Gasteiger partial charge in [0.15, 0.2) is 0 Å². The molecule has 0 unspecified atom stereocenters. The van der Waals surface area contributed by atoms with Crippen molar-refractivity contribution in [2.75, 3.05) is 16.3 Å². The maximum Gasteiger partial charge on any atom is 0.328 e. The van der Waals surface area contributed by atoms with Crippen LogP contribution >= 0.6 is 11.6 Å².